The fourth-order valence-corrected chi connectivity index (χ4v) is 3.96. The molecule has 1 N–H and O–H groups in total. The number of anilines is 1. The van der Waals surface area contributed by atoms with Gasteiger partial charge in [-0.3, -0.25) is 9.59 Å². The maximum absolute atomic E-state index is 12.7. The maximum Gasteiger partial charge on any atom is 0.419 e. The standard InChI is InChI=1S/C20H22ClF3N6O4/c21-17-15(10-27-28-18(17)32)33-11-14-2-1-13(34-14)7-16(31)29-3-5-30(6-4-29)19-25-8-12(9-26-19)20(22,23)24/h8-10,13-14H,1-7,11H2,(H,28,32)/t13-,14+/m1/s1. The van der Waals surface area contributed by atoms with E-state index in [-0.39, 0.29) is 47.9 Å². The molecule has 0 spiro atoms. The second kappa shape index (κ2) is 10.1. The van der Waals surface area contributed by atoms with E-state index in [9.17, 15) is 22.8 Å². The minimum atomic E-state index is -4.48. The molecule has 2 fully saturated rings. The molecule has 34 heavy (non-hydrogen) atoms. The summed E-state index contributed by atoms with van der Waals surface area (Å²) in [7, 11) is 0. The van der Waals surface area contributed by atoms with Crippen LogP contribution in [0.2, 0.25) is 5.02 Å². The lowest BCUT2D eigenvalue weighted by atomic mass is 10.1. The van der Waals surface area contributed by atoms with Crippen molar-refractivity contribution >= 4 is 23.5 Å². The predicted molar refractivity (Wildman–Crippen MR) is 114 cm³/mol. The van der Waals surface area contributed by atoms with Crippen molar-refractivity contribution in [2.45, 2.75) is 37.6 Å². The van der Waals surface area contributed by atoms with Gasteiger partial charge in [0.15, 0.2) is 10.8 Å². The number of ether oxygens (including phenoxy) is 2. The van der Waals surface area contributed by atoms with E-state index in [0.29, 0.717) is 39.0 Å². The Morgan fingerprint density at radius 2 is 1.82 bits per heavy atom. The van der Waals surface area contributed by atoms with Crippen LogP contribution in [0.5, 0.6) is 5.75 Å². The first-order chi connectivity index (χ1) is 16.2. The molecule has 0 aliphatic carbocycles. The van der Waals surface area contributed by atoms with Gasteiger partial charge in [-0.25, -0.2) is 15.1 Å². The molecule has 10 nitrogen and oxygen atoms in total. The van der Waals surface area contributed by atoms with Crippen molar-refractivity contribution in [3.8, 4) is 5.75 Å². The lowest BCUT2D eigenvalue weighted by Gasteiger charge is -2.35. The number of rotatable bonds is 6. The molecule has 2 aromatic heterocycles. The number of halogens is 4. The first-order valence-electron chi connectivity index (χ1n) is 10.6. The zero-order valence-corrected chi connectivity index (χ0v) is 18.7. The number of alkyl halides is 3. The van der Waals surface area contributed by atoms with Crippen LogP contribution in [0, 0.1) is 0 Å². The van der Waals surface area contributed by atoms with Crippen LogP contribution < -0.4 is 15.2 Å². The SMILES string of the molecule is O=C(C[C@H]1CC[C@@H](COc2cn[nH]c(=O)c2Cl)O1)N1CCN(c2ncc(C(F)(F)F)cn2)CC1. The lowest BCUT2D eigenvalue weighted by molar-refractivity contribution is -0.138. The molecule has 2 aliphatic rings. The Labute approximate surface area is 197 Å². The van der Waals surface area contributed by atoms with E-state index in [2.05, 4.69) is 20.2 Å². The highest BCUT2D eigenvalue weighted by molar-refractivity contribution is 6.31. The van der Waals surface area contributed by atoms with Crippen LogP contribution in [0.1, 0.15) is 24.8 Å². The lowest BCUT2D eigenvalue weighted by Crippen LogP contribution is -2.49. The van der Waals surface area contributed by atoms with Gasteiger partial charge in [0, 0.05) is 38.6 Å². The van der Waals surface area contributed by atoms with Gasteiger partial charge in [0.25, 0.3) is 5.56 Å². The van der Waals surface area contributed by atoms with E-state index in [1.807, 2.05) is 0 Å². The quantitative estimate of drug-likeness (QED) is 0.637. The van der Waals surface area contributed by atoms with Crippen molar-refractivity contribution in [1.82, 2.24) is 25.1 Å². The van der Waals surface area contributed by atoms with Gasteiger partial charge in [-0.1, -0.05) is 11.6 Å². The van der Waals surface area contributed by atoms with Crippen LogP contribution in [0.4, 0.5) is 19.1 Å². The van der Waals surface area contributed by atoms with E-state index in [1.165, 1.54) is 6.20 Å². The van der Waals surface area contributed by atoms with Crippen LogP contribution in [0.15, 0.2) is 23.4 Å². The number of nitrogens with zero attached hydrogens (tertiary/aromatic N) is 5. The van der Waals surface area contributed by atoms with Crippen LogP contribution in [-0.4, -0.2) is 76.0 Å². The fraction of sp³-hybridized carbons (Fsp3) is 0.550. The number of carbonyl (C=O) groups is 1. The van der Waals surface area contributed by atoms with E-state index in [4.69, 9.17) is 21.1 Å². The number of carbonyl (C=O) groups excluding carboxylic acids is 1. The summed E-state index contributed by atoms with van der Waals surface area (Å²) in [6.45, 7) is 1.85. The van der Waals surface area contributed by atoms with Crippen molar-refractivity contribution in [2.24, 2.45) is 0 Å². The van der Waals surface area contributed by atoms with Gasteiger partial charge in [-0.15, -0.1) is 0 Å². The second-order valence-electron chi connectivity index (χ2n) is 7.99. The average molecular weight is 503 g/mol. The summed E-state index contributed by atoms with van der Waals surface area (Å²) in [5.74, 6) is 0.322. The van der Waals surface area contributed by atoms with Crippen LogP contribution in [0.25, 0.3) is 0 Å². The molecule has 0 saturated carbocycles. The third kappa shape index (κ3) is 5.76. The molecule has 0 radical (unpaired) electrons. The Kier molecular flexibility index (Phi) is 7.22. The molecular formula is C20H22ClF3N6O4. The third-order valence-electron chi connectivity index (χ3n) is 5.67. The monoisotopic (exact) mass is 502 g/mol. The summed E-state index contributed by atoms with van der Waals surface area (Å²) >= 11 is 5.88. The molecule has 4 rings (SSSR count). The van der Waals surface area contributed by atoms with E-state index in [0.717, 1.165) is 12.4 Å². The molecule has 1 amide bonds. The summed E-state index contributed by atoms with van der Waals surface area (Å²) in [6.07, 6.45) is -0.509. The molecule has 0 bridgehead atoms. The number of hydrogen-bond acceptors (Lipinski definition) is 8. The summed E-state index contributed by atoms with van der Waals surface area (Å²) < 4.78 is 49.4. The smallest absolute Gasteiger partial charge is 0.419 e. The summed E-state index contributed by atoms with van der Waals surface area (Å²) in [6, 6.07) is 0. The van der Waals surface area contributed by atoms with Crippen molar-refractivity contribution in [3.05, 3.63) is 39.5 Å². The molecular weight excluding hydrogens is 481 g/mol. The molecule has 2 saturated heterocycles. The molecule has 2 aliphatic heterocycles. The average Bonchev–Trinajstić information content (AvgIpc) is 3.27. The largest absolute Gasteiger partial charge is 0.487 e. The van der Waals surface area contributed by atoms with Gasteiger partial charge in [0.1, 0.15) is 6.61 Å². The number of nitrogens with one attached hydrogen (secondary N) is 1. The van der Waals surface area contributed by atoms with Gasteiger partial charge in [-0.2, -0.15) is 18.3 Å². The highest BCUT2D eigenvalue weighted by atomic mass is 35.5. The van der Waals surface area contributed by atoms with E-state index < -0.39 is 17.3 Å². The number of aromatic nitrogens is 4. The molecule has 0 unspecified atom stereocenters. The first-order valence-corrected chi connectivity index (χ1v) is 11.0. The third-order valence-corrected chi connectivity index (χ3v) is 6.02. The minimum absolute atomic E-state index is 0.0543. The van der Waals surface area contributed by atoms with Crippen LogP contribution in [-0.2, 0) is 15.7 Å². The number of piperazine rings is 1. The molecule has 14 heteroatoms. The van der Waals surface area contributed by atoms with Crippen LogP contribution >= 0.6 is 11.6 Å². The summed E-state index contributed by atoms with van der Waals surface area (Å²) in [5.41, 5.74) is -1.44. The Morgan fingerprint density at radius 3 is 2.50 bits per heavy atom. The zero-order valence-electron chi connectivity index (χ0n) is 17.9. The van der Waals surface area contributed by atoms with Crippen molar-refractivity contribution in [2.75, 3.05) is 37.7 Å². The number of aromatic amines is 1. The Hall–Kier alpha value is -2.93. The van der Waals surface area contributed by atoms with Gasteiger partial charge in [0.2, 0.25) is 11.9 Å². The Balaban J connectivity index is 1.21. The van der Waals surface area contributed by atoms with Crippen molar-refractivity contribution in [1.29, 1.82) is 0 Å². The number of hydrogen-bond donors (Lipinski definition) is 1. The normalized spacial score (nSPS) is 21.1. The summed E-state index contributed by atoms with van der Waals surface area (Å²) in [5, 5.41) is 5.76. The van der Waals surface area contributed by atoms with Crippen LogP contribution in [0.3, 0.4) is 0 Å². The first kappa shape index (κ1) is 24.2. The molecule has 2 aromatic rings. The van der Waals surface area contributed by atoms with E-state index in [1.54, 1.807) is 9.80 Å². The zero-order chi connectivity index (χ0) is 24.3. The second-order valence-corrected chi connectivity index (χ2v) is 8.37. The molecule has 4 heterocycles. The Morgan fingerprint density at radius 1 is 1.15 bits per heavy atom. The van der Waals surface area contributed by atoms with Crippen molar-refractivity contribution < 1.29 is 27.4 Å². The molecule has 2 atom stereocenters. The van der Waals surface area contributed by atoms with Gasteiger partial charge >= 0.3 is 6.18 Å². The van der Waals surface area contributed by atoms with Gasteiger partial charge < -0.3 is 19.3 Å². The molecule has 0 aromatic carbocycles. The van der Waals surface area contributed by atoms with E-state index >= 15 is 0 Å². The maximum atomic E-state index is 12.7. The highest BCUT2D eigenvalue weighted by Crippen LogP contribution is 2.29. The van der Waals surface area contributed by atoms with Gasteiger partial charge in [-0.05, 0) is 12.8 Å². The number of H-pyrrole nitrogens is 1. The number of amides is 1. The predicted octanol–water partition coefficient (Wildman–Crippen LogP) is 1.90. The highest BCUT2D eigenvalue weighted by Gasteiger charge is 2.33. The topological polar surface area (TPSA) is 114 Å². The van der Waals surface area contributed by atoms with Gasteiger partial charge in [0.05, 0.1) is 30.4 Å². The van der Waals surface area contributed by atoms with Crippen molar-refractivity contribution in [3.63, 3.8) is 0 Å². The fourth-order valence-electron chi connectivity index (χ4n) is 3.81. The molecule has 184 valence electrons. The Bertz CT molecular complexity index is 1060. The minimum Gasteiger partial charge on any atom is -0.487 e. The summed E-state index contributed by atoms with van der Waals surface area (Å²) in [4.78, 5) is 35.2.